The molecule has 7 heteroatoms. The van der Waals surface area contributed by atoms with Gasteiger partial charge in [-0.3, -0.25) is 0 Å². The van der Waals surface area contributed by atoms with Gasteiger partial charge in [0.05, 0.1) is 6.10 Å². The number of carbonyl (C=O) groups excluding carboxylic acids is 1. The summed E-state index contributed by atoms with van der Waals surface area (Å²) in [4.78, 5) is 24.1. The van der Waals surface area contributed by atoms with Crippen LogP contribution in [-0.2, 0) is 4.79 Å². The molecule has 1 aromatic carbocycles. The number of aliphatic hydroxyl groups is 1. The number of carbonyl (C=O) groups is 2. The molecule has 1 saturated heterocycles. The first-order valence-corrected chi connectivity index (χ1v) is 6.50. The van der Waals surface area contributed by atoms with E-state index in [-0.39, 0.29) is 13.0 Å². The molecule has 19 heavy (non-hydrogen) atoms. The van der Waals surface area contributed by atoms with Crippen LogP contribution in [0.25, 0.3) is 0 Å². The minimum absolute atomic E-state index is 0.0271. The van der Waals surface area contributed by atoms with Crippen molar-refractivity contribution in [2.45, 2.75) is 18.6 Å². The van der Waals surface area contributed by atoms with Gasteiger partial charge in [-0.1, -0.05) is 15.9 Å². The number of hydrogen-bond acceptors (Lipinski definition) is 3. The Bertz CT molecular complexity index is 491. The molecule has 2 amide bonds. The first-order valence-electron chi connectivity index (χ1n) is 5.71. The molecule has 3 N–H and O–H groups in total. The van der Waals surface area contributed by atoms with Gasteiger partial charge >= 0.3 is 12.0 Å². The number of amides is 2. The number of hydrogen-bond donors (Lipinski definition) is 3. The van der Waals surface area contributed by atoms with Crippen LogP contribution in [0, 0.1) is 0 Å². The van der Waals surface area contributed by atoms with E-state index in [0.717, 1.165) is 9.37 Å². The van der Waals surface area contributed by atoms with E-state index in [1.165, 1.54) is 0 Å². The quantitative estimate of drug-likeness (QED) is 0.767. The Morgan fingerprint density at radius 2 is 1.95 bits per heavy atom. The fourth-order valence-corrected chi connectivity index (χ4v) is 2.27. The topological polar surface area (TPSA) is 89.9 Å². The van der Waals surface area contributed by atoms with Crippen molar-refractivity contribution in [3.05, 3.63) is 28.7 Å². The zero-order valence-corrected chi connectivity index (χ0v) is 11.5. The van der Waals surface area contributed by atoms with Crippen molar-refractivity contribution >= 4 is 33.6 Å². The van der Waals surface area contributed by atoms with E-state index >= 15 is 0 Å². The molecule has 1 fully saturated rings. The van der Waals surface area contributed by atoms with E-state index < -0.39 is 24.1 Å². The average Bonchev–Trinajstić information content (AvgIpc) is 2.74. The highest BCUT2D eigenvalue weighted by Gasteiger charge is 2.38. The zero-order valence-electron chi connectivity index (χ0n) is 9.91. The molecule has 2 atom stereocenters. The van der Waals surface area contributed by atoms with E-state index in [9.17, 15) is 14.7 Å². The predicted octanol–water partition coefficient (Wildman–Crippen LogP) is 1.50. The van der Waals surface area contributed by atoms with Gasteiger partial charge < -0.3 is 20.4 Å². The predicted molar refractivity (Wildman–Crippen MR) is 71.9 cm³/mol. The van der Waals surface area contributed by atoms with Crippen molar-refractivity contribution in [2.75, 3.05) is 11.9 Å². The van der Waals surface area contributed by atoms with Gasteiger partial charge in [0.15, 0.2) is 0 Å². The van der Waals surface area contributed by atoms with Crippen molar-refractivity contribution < 1.29 is 19.8 Å². The molecule has 0 bridgehead atoms. The molecular weight excluding hydrogens is 316 g/mol. The summed E-state index contributed by atoms with van der Waals surface area (Å²) in [6, 6.07) is 5.43. The number of aliphatic hydroxyl groups excluding tert-OH is 1. The number of halogens is 1. The van der Waals surface area contributed by atoms with E-state index in [1.54, 1.807) is 24.3 Å². The smallest absolute Gasteiger partial charge is 0.326 e. The molecule has 0 unspecified atom stereocenters. The van der Waals surface area contributed by atoms with Crippen LogP contribution < -0.4 is 5.32 Å². The molecule has 0 spiro atoms. The van der Waals surface area contributed by atoms with Gasteiger partial charge in [0.2, 0.25) is 0 Å². The Hall–Kier alpha value is -1.60. The maximum absolute atomic E-state index is 12.0. The van der Waals surface area contributed by atoms with Crippen LogP contribution in [0.3, 0.4) is 0 Å². The second-order valence-electron chi connectivity index (χ2n) is 4.33. The van der Waals surface area contributed by atoms with Gasteiger partial charge in [-0.15, -0.1) is 0 Å². The first-order chi connectivity index (χ1) is 8.97. The van der Waals surface area contributed by atoms with Crippen molar-refractivity contribution in [2.24, 2.45) is 0 Å². The van der Waals surface area contributed by atoms with Gasteiger partial charge in [-0.2, -0.15) is 0 Å². The summed E-state index contributed by atoms with van der Waals surface area (Å²) in [6.07, 6.45) is -0.736. The monoisotopic (exact) mass is 328 g/mol. The standard InChI is InChI=1S/C12H13BrN2O4/c13-7-1-3-8(4-2-7)14-12(19)15-6-9(16)5-10(15)11(17)18/h1-4,9-10,16H,5-6H2,(H,14,19)(H,17,18)/t9-,10-/m1/s1. The van der Waals surface area contributed by atoms with Crippen LogP contribution in [0.5, 0.6) is 0 Å². The summed E-state index contributed by atoms with van der Waals surface area (Å²) in [5.74, 6) is -1.11. The van der Waals surface area contributed by atoms with Crippen LogP contribution in [0.2, 0.25) is 0 Å². The number of β-amino-alcohol motifs (C(OH)–C–C–N with tert-alkyl or cyclic N) is 1. The van der Waals surface area contributed by atoms with E-state index in [1.807, 2.05) is 0 Å². The average molecular weight is 329 g/mol. The Morgan fingerprint density at radius 1 is 1.32 bits per heavy atom. The number of urea groups is 1. The molecule has 0 radical (unpaired) electrons. The summed E-state index contributed by atoms with van der Waals surface area (Å²) < 4.78 is 0.880. The van der Waals surface area contributed by atoms with E-state index in [4.69, 9.17) is 5.11 Å². The number of nitrogens with zero attached hydrogens (tertiary/aromatic N) is 1. The highest BCUT2D eigenvalue weighted by molar-refractivity contribution is 9.10. The fourth-order valence-electron chi connectivity index (χ4n) is 2.00. The zero-order chi connectivity index (χ0) is 14.0. The lowest BCUT2D eigenvalue weighted by atomic mass is 10.2. The van der Waals surface area contributed by atoms with Gasteiger partial charge in [0.25, 0.3) is 0 Å². The van der Waals surface area contributed by atoms with E-state index in [2.05, 4.69) is 21.2 Å². The normalized spacial score (nSPS) is 22.3. The fraction of sp³-hybridized carbons (Fsp3) is 0.333. The molecule has 1 aliphatic heterocycles. The Kier molecular flexibility index (Phi) is 4.06. The third-order valence-corrected chi connectivity index (χ3v) is 3.45. The number of aliphatic carboxylic acids is 1. The van der Waals surface area contributed by atoms with Crippen LogP contribution in [0.1, 0.15) is 6.42 Å². The minimum Gasteiger partial charge on any atom is -0.480 e. The second kappa shape index (κ2) is 5.58. The maximum atomic E-state index is 12.0. The largest absolute Gasteiger partial charge is 0.480 e. The molecule has 2 rings (SSSR count). The highest BCUT2D eigenvalue weighted by Crippen LogP contribution is 2.20. The molecular formula is C12H13BrN2O4. The number of carboxylic acid groups (broad SMARTS) is 1. The maximum Gasteiger partial charge on any atom is 0.326 e. The van der Waals surface area contributed by atoms with Gasteiger partial charge in [-0.05, 0) is 24.3 Å². The molecule has 102 valence electrons. The Labute approximate surface area is 118 Å². The molecule has 1 heterocycles. The van der Waals surface area contributed by atoms with Crippen LogP contribution in [0.4, 0.5) is 10.5 Å². The lowest BCUT2D eigenvalue weighted by Crippen LogP contribution is -2.43. The van der Waals surface area contributed by atoms with E-state index in [0.29, 0.717) is 5.69 Å². The van der Waals surface area contributed by atoms with Gasteiger partial charge in [0, 0.05) is 23.1 Å². The first kappa shape index (κ1) is 13.8. The Balaban J connectivity index is 2.06. The van der Waals surface area contributed by atoms with Crippen molar-refractivity contribution in [1.29, 1.82) is 0 Å². The third kappa shape index (κ3) is 3.24. The van der Waals surface area contributed by atoms with Crippen molar-refractivity contribution in [3.8, 4) is 0 Å². The number of carboxylic acids is 1. The molecule has 0 aliphatic carbocycles. The molecule has 6 nitrogen and oxygen atoms in total. The second-order valence-corrected chi connectivity index (χ2v) is 5.25. The number of nitrogens with one attached hydrogen (secondary N) is 1. The summed E-state index contributed by atoms with van der Waals surface area (Å²) in [6.45, 7) is 0.0271. The highest BCUT2D eigenvalue weighted by atomic mass is 79.9. The lowest BCUT2D eigenvalue weighted by molar-refractivity contribution is -0.141. The number of likely N-dealkylation sites (tertiary alicyclic amines) is 1. The molecule has 1 aliphatic rings. The lowest BCUT2D eigenvalue weighted by Gasteiger charge is -2.21. The third-order valence-electron chi connectivity index (χ3n) is 2.92. The molecule has 1 aromatic rings. The summed E-state index contributed by atoms with van der Waals surface area (Å²) in [5, 5.41) is 21.1. The summed E-state index contributed by atoms with van der Waals surface area (Å²) in [5.41, 5.74) is 0.568. The van der Waals surface area contributed by atoms with Crippen LogP contribution in [-0.4, -0.2) is 45.8 Å². The number of anilines is 1. The SMILES string of the molecule is O=C(O)[C@H]1C[C@@H](O)CN1C(=O)Nc1ccc(Br)cc1. The Morgan fingerprint density at radius 3 is 2.53 bits per heavy atom. The molecule has 0 aromatic heterocycles. The van der Waals surface area contributed by atoms with Gasteiger partial charge in [0.1, 0.15) is 6.04 Å². The number of rotatable bonds is 2. The van der Waals surface area contributed by atoms with Gasteiger partial charge in [-0.25, -0.2) is 9.59 Å². The van der Waals surface area contributed by atoms with Crippen molar-refractivity contribution in [3.63, 3.8) is 0 Å². The minimum atomic E-state index is -1.11. The van der Waals surface area contributed by atoms with Crippen LogP contribution in [0.15, 0.2) is 28.7 Å². The number of benzene rings is 1. The summed E-state index contributed by atoms with van der Waals surface area (Å²) in [7, 11) is 0. The van der Waals surface area contributed by atoms with Crippen LogP contribution >= 0.6 is 15.9 Å². The molecule has 0 saturated carbocycles. The summed E-state index contributed by atoms with van der Waals surface area (Å²) >= 11 is 3.28. The van der Waals surface area contributed by atoms with Crippen molar-refractivity contribution in [1.82, 2.24) is 4.90 Å².